The van der Waals surface area contributed by atoms with Gasteiger partial charge >= 0.3 is 12.1 Å². The molecule has 0 saturated carbocycles. The van der Waals surface area contributed by atoms with E-state index in [1.165, 1.54) is 0 Å². The number of halogens is 3. The molecule has 0 amide bonds. The Bertz CT molecular complexity index is 389. The summed E-state index contributed by atoms with van der Waals surface area (Å²) in [7, 11) is 0. The van der Waals surface area contributed by atoms with Crippen LogP contribution in [0.4, 0.5) is 13.2 Å². The first kappa shape index (κ1) is 14.0. The van der Waals surface area contributed by atoms with Crippen molar-refractivity contribution in [3.63, 3.8) is 0 Å². The molecule has 1 atom stereocenters. The van der Waals surface area contributed by atoms with Crippen molar-refractivity contribution >= 4 is 17.3 Å². The zero-order chi connectivity index (χ0) is 13.1. The third kappa shape index (κ3) is 4.01. The van der Waals surface area contributed by atoms with Crippen LogP contribution in [0.3, 0.4) is 0 Å². The van der Waals surface area contributed by atoms with Crippen LogP contribution in [0.15, 0.2) is 11.4 Å². The highest BCUT2D eigenvalue weighted by atomic mass is 32.1. The van der Waals surface area contributed by atoms with Gasteiger partial charge in [0.25, 0.3) is 0 Å². The Morgan fingerprint density at radius 1 is 1.59 bits per heavy atom. The van der Waals surface area contributed by atoms with Gasteiger partial charge in [-0.2, -0.15) is 13.2 Å². The van der Waals surface area contributed by atoms with Crippen molar-refractivity contribution in [1.82, 2.24) is 0 Å². The SMILES string of the molecule is CCOC(=O)C(N)Cc1cc(C(F)(F)F)cs1. The number of carbonyl (C=O) groups is 1. The molecule has 1 rings (SSSR count). The smallest absolute Gasteiger partial charge is 0.417 e. The van der Waals surface area contributed by atoms with E-state index in [1.807, 2.05) is 0 Å². The molecule has 0 spiro atoms. The number of rotatable bonds is 4. The monoisotopic (exact) mass is 267 g/mol. The fourth-order valence-corrected chi connectivity index (χ4v) is 2.14. The van der Waals surface area contributed by atoms with Crippen LogP contribution < -0.4 is 5.73 Å². The van der Waals surface area contributed by atoms with Crippen LogP contribution in [0.2, 0.25) is 0 Å². The van der Waals surface area contributed by atoms with Crippen LogP contribution in [-0.2, 0) is 22.1 Å². The minimum atomic E-state index is -4.36. The van der Waals surface area contributed by atoms with Gasteiger partial charge in [-0.05, 0) is 13.0 Å². The van der Waals surface area contributed by atoms with E-state index in [0.29, 0.717) is 4.88 Å². The number of hydrogen-bond donors (Lipinski definition) is 1. The van der Waals surface area contributed by atoms with Gasteiger partial charge in [0.05, 0.1) is 12.2 Å². The number of carbonyl (C=O) groups excluding carboxylic acids is 1. The lowest BCUT2D eigenvalue weighted by atomic mass is 10.2. The molecular weight excluding hydrogens is 255 g/mol. The van der Waals surface area contributed by atoms with Gasteiger partial charge in [0.1, 0.15) is 6.04 Å². The van der Waals surface area contributed by atoms with Crippen LogP contribution in [0.1, 0.15) is 17.4 Å². The molecular formula is C10H12F3NO2S. The summed E-state index contributed by atoms with van der Waals surface area (Å²) in [6.45, 7) is 1.84. The molecule has 3 nitrogen and oxygen atoms in total. The Morgan fingerprint density at radius 3 is 2.71 bits per heavy atom. The molecule has 0 aromatic carbocycles. The number of nitrogens with two attached hydrogens (primary N) is 1. The molecule has 1 aromatic heterocycles. The zero-order valence-electron chi connectivity index (χ0n) is 9.08. The maximum Gasteiger partial charge on any atom is 0.417 e. The Morgan fingerprint density at radius 2 is 2.24 bits per heavy atom. The predicted octanol–water partition coefficient (Wildman–Crippen LogP) is 2.20. The molecule has 0 aliphatic carbocycles. The molecule has 0 aliphatic heterocycles. The Balaban J connectivity index is 2.64. The van der Waals surface area contributed by atoms with Gasteiger partial charge < -0.3 is 10.5 Å². The van der Waals surface area contributed by atoms with Crippen molar-refractivity contribution in [3.8, 4) is 0 Å². The second-order valence-electron chi connectivity index (χ2n) is 3.36. The molecule has 17 heavy (non-hydrogen) atoms. The van der Waals surface area contributed by atoms with E-state index < -0.39 is 23.8 Å². The average Bonchev–Trinajstić information content (AvgIpc) is 2.66. The summed E-state index contributed by atoms with van der Waals surface area (Å²) in [5.74, 6) is -0.602. The average molecular weight is 267 g/mol. The number of ether oxygens (including phenoxy) is 1. The van der Waals surface area contributed by atoms with Crippen LogP contribution in [0.5, 0.6) is 0 Å². The van der Waals surface area contributed by atoms with Crippen LogP contribution >= 0.6 is 11.3 Å². The Kier molecular flexibility index (Phi) is 4.53. The van der Waals surface area contributed by atoms with Gasteiger partial charge in [0.15, 0.2) is 0 Å². The van der Waals surface area contributed by atoms with Crippen molar-refractivity contribution in [2.75, 3.05) is 6.61 Å². The topological polar surface area (TPSA) is 52.3 Å². The standard InChI is InChI=1S/C10H12F3NO2S/c1-2-16-9(15)8(14)4-7-3-6(5-17-7)10(11,12)13/h3,5,8H,2,4,14H2,1H3. The van der Waals surface area contributed by atoms with Crippen molar-refractivity contribution in [2.45, 2.75) is 25.6 Å². The lowest BCUT2D eigenvalue weighted by molar-refractivity contribution is -0.144. The van der Waals surface area contributed by atoms with Crippen LogP contribution in [-0.4, -0.2) is 18.6 Å². The highest BCUT2D eigenvalue weighted by Crippen LogP contribution is 2.32. The van der Waals surface area contributed by atoms with Gasteiger partial charge in [0, 0.05) is 16.7 Å². The van der Waals surface area contributed by atoms with Crippen molar-refractivity contribution in [2.24, 2.45) is 5.73 Å². The van der Waals surface area contributed by atoms with E-state index in [2.05, 4.69) is 4.74 Å². The largest absolute Gasteiger partial charge is 0.465 e. The van der Waals surface area contributed by atoms with E-state index in [1.54, 1.807) is 6.92 Å². The molecule has 0 bridgehead atoms. The first-order chi connectivity index (χ1) is 7.84. The quantitative estimate of drug-likeness (QED) is 0.851. The molecule has 96 valence electrons. The summed E-state index contributed by atoms with van der Waals surface area (Å²) in [5, 5.41) is 1.01. The van der Waals surface area contributed by atoms with Crippen molar-refractivity contribution in [3.05, 3.63) is 21.9 Å². The van der Waals surface area contributed by atoms with E-state index in [-0.39, 0.29) is 13.0 Å². The zero-order valence-corrected chi connectivity index (χ0v) is 9.90. The Labute approximate surface area is 100 Å². The second-order valence-corrected chi connectivity index (χ2v) is 4.36. The minimum absolute atomic E-state index is 0.0551. The van der Waals surface area contributed by atoms with E-state index in [4.69, 9.17) is 5.73 Å². The normalized spacial score (nSPS) is 13.5. The molecule has 0 radical (unpaired) electrons. The third-order valence-corrected chi connectivity index (χ3v) is 2.95. The molecule has 1 aromatic rings. The number of hydrogen-bond acceptors (Lipinski definition) is 4. The third-order valence-electron chi connectivity index (χ3n) is 1.99. The Hall–Kier alpha value is -1.08. The molecule has 0 fully saturated rings. The molecule has 1 heterocycles. The predicted molar refractivity (Wildman–Crippen MR) is 57.6 cm³/mol. The van der Waals surface area contributed by atoms with Gasteiger partial charge in [0.2, 0.25) is 0 Å². The first-order valence-electron chi connectivity index (χ1n) is 4.91. The molecule has 1 unspecified atom stereocenters. The second kappa shape index (κ2) is 5.50. The first-order valence-corrected chi connectivity index (χ1v) is 5.79. The molecule has 7 heteroatoms. The summed E-state index contributed by atoms with van der Waals surface area (Å²) in [6, 6.07) is 0.0821. The summed E-state index contributed by atoms with van der Waals surface area (Å²) in [4.78, 5) is 11.6. The van der Waals surface area contributed by atoms with E-state index in [0.717, 1.165) is 22.8 Å². The summed E-state index contributed by atoms with van der Waals surface area (Å²) in [5.41, 5.74) is 4.79. The van der Waals surface area contributed by atoms with Gasteiger partial charge in [-0.3, -0.25) is 4.79 Å². The number of esters is 1. The van der Waals surface area contributed by atoms with Crippen molar-refractivity contribution < 1.29 is 22.7 Å². The fraction of sp³-hybridized carbons (Fsp3) is 0.500. The minimum Gasteiger partial charge on any atom is -0.465 e. The number of alkyl halides is 3. The van der Waals surface area contributed by atoms with Crippen molar-refractivity contribution in [1.29, 1.82) is 0 Å². The van der Waals surface area contributed by atoms with Gasteiger partial charge in [-0.15, -0.1) is 11.3 Å². The lowest BCUT2D eigenvalue weighted by Crippen LogP contribution is -2.34. The van der Waals surface area contributed by atoms with Crippen LogP contribution in [0, 0.1) is 0 Å². The fourth-order valence-electron chi connectivity index (χ4n) is 1.19. The van der Waals surface area contributed by atoms with Gasteiger partial charge in [-0.25, -0.2) is 0 Å². The lowest BCUT2D eigenvalue weighted by Gasteiger charge is -2.08. The molecule has 0 aliphatic rings. The summed E-state index contributed by atoms with van der Waals surface area (Å²) in [6.07, 6.45) is -4.30. The maximum atomic E-state index is 12.3. The number of thiophene rings is 1. The van der Waals surface area contributed by atoms with E-state index in [9.17, 15) is 18.0 Å². The van der Waals surface area contributed by atoms with E-state index >= 15 is 0 Å². The summed E-state index contributed by atoms with van der Waals surface area (Å²) < 4.78 is 41.6. The maximum absolute atomic E-state index is 12.3. The highest BCUT2D eigenvalue weighted by Gasteiger charge is 2.31. The molecule has 0 saturated heterocycles. The summed E-state index contributed by atoms with van der Waals surface area (Å²) >= 11 is 0.932. The van der Waals surface area contributed by atoms with Gasteiger partial charge in [-0.1, -0.05) is 0 Å². The highest BCUT2D eigenvalue weighted by molar-refractivity contribution is 7.10. The molecule has 2 N–H and O–H groups in total. The van der Waals surface area contributed by atoms with Crippen LogP contribution in [0.25, 0.3) is 0 Å².